The Balaban J connectivity index is 1.53. The molecule has 1 aromatic rings. The van der Waals surface area contributed by atoms with Crippen LogP contribution in [0.1, 0.15) is 24.0 Å². The van der Waals surface area contributed by atoms with Crippen LogP contribution in [0.4, 0.5) is 0 Å². The van der Waals surface area contributed by atoms with Crippen molar-refractivity contribution in [2.24, 2.45) is 11.8 Å². The summed E-state index contributed by atoms with van der Waals surface area (Å²) < 4.78 is 33.5. The van der Waals surface area contributed by atoms with Crippen molar-refractivity contribution in [2.45, 2.75) is 37.1 Å². The van der Waals surface area contributed by atoms with E-state index in [9.17, 15) is 13.2 Å². The number of carbonyl (C=O) groups is 1. The molecule has 3 saturated heterocycles. The molecule has 8 heteroatoms. The van der Waals surface area contributed by atoms with Crippen LogP contribution in [0.2, 0.25) is 0 Å². The van der Waals surface area contributed by atoms with Crippen molar-refractivity contribution in [1.29, 1.82) is 0 Å². The first kappa shape index (κ1) is 21.7. The van der Waals surface area contributed by atoms with Crippen LogP contribution in [-0.4, -0.2) is 87.5 Å². The summed E-state index contributed by atoms with van der Waals surface area (Å²) in [5, 5.41) is 0. The van der Waals surface area contributed by atoms with Crippen LogP contribution in [0.3, 0.4) is 0 Å². The smallest absolute Gasteiger partial charge is 0.243 e. The van der Waals surface area contributed by atoms with Gasteiger partial charge in [-0.05, 0) is 43.9 Å². The summed E-state index contributed by atoms with van der Waals surface area (Å²) in [6.07, 6.45) is 1.39. The Hall–Kier alpha value is -1.48. The summed E-state index contributed by atoms with van der Waals surface area (Å²) in [5.41, 5.74) is 1.48. The fraction of sp³-hybridized carbons (Fsp3) is 0.682. The Morgan fingerprint density at radius 3 is 2.53 bits per heavy atom. The first-order valence-corrected chi connectivity index (χ1v) is 12.2. The number of nitrogens with zero attached hydrogens (tertiary/aromatic N) is 3. The van der Waals surface area contributed by atoms with E-state index in [4.69, 9.17) is 4.74 Å². The van der Waals surface area contributed by atoms with E-state index in [1.165, 1.54) is 0 Å². The average Bonchev–Trinajstić information content (AvgIpc) is 3.23. The molecule has 1 aromatic carbocycles. The number of rotatable bonds is 5. The number of fused-ring (bicyclic) bond motifs is 2. The molecule has 0 aromatic heterocycles. The van der Waals surface area contributed by atoms with E-state index < -0.39 is 10.0 Å². The van der Waals surface area contributed by atoms with E-state index in [1.54, 1.807) is 17.5 Å². The highest BCUT2D eigenvalue weighted by atomic mass is 32.2. The summed E-state index contributed by atoms with van der Waals surface area (Å²) in [6.45, 7) is 7.83. The van der Waals surface area contributed by atoms with Gasteiger partial charge in [-0.25, -0.2) is 8.42 Å². The van der Waals surface area contributed by atoms with E-state index in [1.807, 2.05) is 37.9 Å². The van der Waals surface area contributed by atoms with Crippen LogP contribution in [0.5, 0.6) is 0 Å². The first-order valence-electron chi connectivity index (χ1n) is 10.8. The molecular formula is C22H33N3O4S. The maximum absolute atomic E-state index is 13.3. The largest absolute Gasteiger partial charge is 0.383 e. The predicted molar refractivity (Wildman–Crippen MR) is 115 cm³/mol. The number of hydrogen-bond acceptors (Lipinski definition) is 5. The quantitative estimate of drug-likeness (QED) is 0.701. The third kappa shape index (κ3) is 3.38. The molecule has 0 unspecified atom stereocenters. The maximum Gasteiger partial charge on any atom is 0.243 e. The normalized spacial score (nSPS) is 27.2. The standard InChI is InChI=1S/C22H33N3O4S/c1-16-5-6-17(2)20(13-16)30(27,28)25-9-7-22(8-10-25)19-15-24(11-12-29-4)14-18(19)21(26)23(22)3/h5-6,13,18-19H,7-12,14-15H2,1-4H3/t18-,19+/m1/s1. The van der Waals surface area contributed by atoms with Gasteiger partial charge in [0.15, 0.2) is 0 Å². The Morgan fingerprint density at radius 1 is 1.17 bits per heavy atom. The van der Waals surface area contributed by atoms with Gasteiger partial charge in [0.1, 0.15) is 0 Å². The number of methoxy groups -OCH3 is 1. The molecule has 30 heavy (non-hydrogen) atoms. The SMILES string of the molecule is COCCN1C[C@H]2C(=O)N(C)C3(CCN(S(=O)(=O)c4cc(C)ccc4C)CC3)[C@H]2C1. The minimum absolute atomic E-state index is 0.0223. The van der Waals surface area contributed by atoms with E-state index >= 15 is 0 Å². The van der Waals surface area contributed by atoms with Crippen molar-refractivity contribution in [3.63, 3.8) is 0 Å². The summed E-state index contributed by atoms with van der Waals surface area (Å²) in [7, 11) is 0.0752. The van der Waals surface area contributed by atoms with Gasteiger partial charge < -0.3 is 9.64 Å². The van der Waals surface area contributed by atoms with Crippen LogP contribution in [0.15, 0.2) is 23.1 Å². The third-order valence-electron chi connectivity index (χ3n) is 7.56. The van der Waals surface area contributed by atoms with Crippen molar-refractivity contribution in [2.75, 3.05) is 53.5 Å². The van der Waals surface area contributed by atoms with E-state index in [-0.39, 0.29) is 23.3 Å². The van der Waals surface area contributed by atoms with Crippen molar-refractivity contribution in [3.8, 4) is 0 Å². The molecule has 1 spiro atoms. The highest BCUT2D eigenvalue weighted by molar-refractivity contribution is 7.89. The van der Waals surface area contributed by atoms with Gasteiger partial charge in [-0.1, -0.05) is 12.1 Å². The molecule has 2 atom stereocenters. The second-order valence-corrected chi connectivity index (χ2v) is 11.0. The Morgan fingerprint density at radius 2 is 1.87 bits per heavy atom. The lowest BCUT2D eigenvalue weighted by molar-refractivity contribution is -0.133. The topological polar surface area (TPSA) is 70.2 Å². The van der Waals surface area contributed by atoms with Crippen LogP contribution < -0.4 is 0 Å². The zero-order chi connectivity index (χ0) is 21.7. The molecule has 0 bridgehead atoms. The molecule has 0 aliphatic carbocycles. The number of likely N-dealkylation sites (tertiary alicyclic amines) is 2. The fourth-order valence-corrected chi connectivity index (χ4v) is 7.50. The minimum atomic E-state index is -3.53. The van der Waals surface area contributed by atoms with Gasteiger partial charge in [0.25, 0.3) is 0 Å². The minimum Gasteiger partial charge on any atom is -0.383 e. The number of carbonyl (C=O) groups excluding carboxylic acids is 1. The van der Waals surface area contributed by atoms with Gasteiger partial charge in [-0.15, -0.1) is 0 Å². The van der Waals surface area contributed by atoms with E-state index in [0.29, 0.717) is 37.4 Å². The summed E-state index contributed by atoms with van der Waals surface area (Å²) >= 11 is 0. The van der Waals surface area contributed by atoms with E-state index in [0.717, 1.165) is 30.8 Å². The molecule has 1 amide bonds. The second-order valence-electron chi connectivity index (χ2n) is 9.14. The zero-order valence-corrected chi connectivity index (χ0v) is 19.2. The van der Waals surface area contributed by atoms with Crippen molar-refractivity contribution in [3.05, 3.63) is 29.3 Å². The molecule has 3 aliphatic rings. The Kier molecular flexibility index (Phi) is 5.72. The number of aryl methyl sites for hydroxylation is 2. The molecule has 3 fully saturated rings. The average molecular weight is 436 g/mol. The lowest BCUT2D eigenvalue weighted by Crippen LogP contribution is -2.56. The van der Waals surface area contributed by atoms with Crippen LogP contribution >= 0.6 is 0 Å². The molecular weight excluding hydrogens is 402 g/mol. The molecule has 3 heterocycles. The number of amides is 1. The van der Waals surface area contributed by atoms with Crippen molar-refractivity contribution >= 4 is 15.9 Å². The summed E-state index contributed by atoms with van der Waals surface area (Å²) in [4.78, 5) is 17.7. The molecule has 4 rings (SSSR count). The third-order valence-corrected chi connectivity index (χ3v) is 9.60. The maximum atomic E-state index is 13.3. The van der Waals surface area contributed by atoms with Gasteiger partial charge in [0, 0.05) is 58.3 Å². The van der Waals surface area contributed by atoms with Crippen LogP contribution in [-0.2, 0) is 19.6 Å². The first-order chi connectivity index (χ1) is 14.2. The molecule has 166 valence electrons. The van der Waals surface area contributed by atoms with Gasteiger partial charge in [-0.2, -0.15) is 4.31 Å². The second kappa shape index (κ2) is 7.89. The van der Waals surface area contributed by atoms with Gasteiger partial charge >= 0.3 is 0 Å². The molecule has 0 saturated carbocycles. The highest BCUT2D eigenvalue weighted by Gasteiger charge is 2.60. The summed E-state index contributed by atoms with van der Waals surface area (Å²) in [6, 6.07) is 5.57. The molecule has 0 N–H and O–H groups in total. The Labute approximate surface area is 180 Å². The zero-order valence-electron chi connectivity index (χ0n) is 18.4. The molecule has 0 radical (unpaired) electrons. The Bertz CT molecular complexity index is 924. The fourth-order valence-electron chi connectivity index (χ4n) is 5.74. The monoisotopic (exact) mass is 435 g/mol. The highest BCUT2D eigenvalue weighted by Crippen LogP contribution is 2.49. The van der Waals surface area contributed by atoms with Crippen molar-refractivity contribution in [1.82, 2.24) is 14.1 Å². The lowest BCUT2D eigenvalue weighted by atomic mass is 9.75. The predicted octanol–water partition coefficient (Wildman–Crippen LogP) is 1.49. The summed E-state index contributed by atoms with van der Waals surface area (Å²) in [5.74, 6) is 0.497. The number of benzene rings is 1. The number of piperidine rings is 1. The number of hydrogen-bond donors (Lipinski definition) is 0. The lowest BCUT2D eigenvalue weighted by Gasteiger charge is -2.46. The van der Waals surface area contributed by atoms with Gasteiger partial charge in [-0.3, -0.25) is 9.69 Å². The van der Waals surface area contributed by atoms with Crippen molar-refractivity contribution < 1.29 is 17.9 Å². The van der Waals surface area contributed by atoms with Gasteiger partial charge in [0.2, 0.25) is 15.9 Å². The number of sulfonamides is 1. The number of ether oxygens (including phenoxy) is 1. The van der Waals surface area contributed by atoms with Crippen LogP contribution in [0.25, 0.3) is 0 Å². The van der Waals surface area contributed by atoms with Crippen LogP contribution in [0, 0.1) is 25.7 Å². The molecule has 3 aliphatic heterocycles. The molecule has 7 nitrogen and oxygen atoms in total. The van der Waals surface area contributed by atoms with E-state index in [2.05, 4.69) is 4.90 Å². The van der Waals surface area contributed by atoms with Gasteiger partial charge in [0.05, 0.1) is 17.4 Å².